The molecule has 0 aliphatic carbocycles. The SMILES string of the molecule is CCOc1ccc(C(c2ccc3c(c2)OCO3)N2CCCC2C(=O)O)cc1OC. The lowest BCUT2D eigenvalue weighted by Crippen LogP contribution is -2.39. The van der Waals surface area contributed by atoms with Crippen LogP contribution in [-0.4, -0.2) is 49.1 Å². The van der Waals surface area contributed by atoms with Gasteiger partial charge in [0.2, 0.25) is 6.79 Å². The normalized spacial score (nSPS) is 19.2. The molecule has 1 fully saturated rings. The fourth-order valence-corrected chi connectivity index (χ4v) is 4.15. The van der Waals surface area contributed by atoms with Gasteiger partial charge in [-0.15, -0.1) is 0 Å². The third-order valence-corrected chi connectivity index (χ3v) is 5.43. The highest BCUT2D eigenvalue weighted by Gasteiger charge is 2.37. The summed E-state index contributed by atoms with van der Waals surface area (Å²) >= 11 is 0. The van der Waals surface area contributed by atoms with Crippen LogP contribution in [0.5, 0.6) is 23.0 Å². The first kappa shape index (κ1) is 19.4. The van der Waals surface area contributed by atoms with Crippen LogP contribution in [0.15, 0.2) is 36.4 Å². The summed E-state index contributed by atoms with van der Waals surface area (Å²) < 4.78 is 22.2. The van der Waals surface area contributed by atoms with Gasteiger partial charge in [0.25, 0.3) is 0 Å². The number of rotatable bonds is 7. The number of fused-ring (bicyclic) bond motifs is 1. The molecule has 29 heavy (non-hydrogen) atoms. The summed E-state index contributed by atoms with van der Waals surface area (Å²) in [4.78, 5) is 13.9. The van der Waals surface area contributed by atoms with Gasteiger partial charge in [-0.05, 0) is 55.2 Å². The summed E-state index contributed by atoms with van der Waals surface area (Å²) in [5, 5.41) is 9.77. The fourth-order valence-electron chi connectivity index (χ4n) is 4.15. The number of methoxy groups -OCH3 is 1. The molecule has 2 atom stereocenters. The zero-order valence-electron chi connectivity index (χ0n) is 16.6. The van der Waals surface area contributed by atoms with Gasteiger partial charge in [0.05, 0.1) is 19.8 Å². The van der Waals surface area contributed by atoms with Gasteiger partial charge in [-0.25, -0.2) is 0 Å². The lowest BCUT2D eigenvalue weighted by atomic mass is 9.95. The Hall–Kier alpha value is -2.93. The van der Waals surface area contributed by atoms with Gasteiger partial charge >= 0.3 is 5.97 Å². The minimum Gasteiger partial charge on any atom is -0.493 e. The largest absolute Gasteiger partial charge is 0.493 e. The van der Waals surface area contributed by atoms with Crippen LogP contribution in [0.4, 0.5) is 0 Å². The number of hydrogen-bond donors (Lipinski definition) is 1. The second kappa shape index (κ2) is 8.21. The van der Waals surface area contributed by atoms with Crippen LogP contribution in [-0.2, 0) is 4.79 Å². The van der Waals surface area contributed by atoms with E-state index in [9.17, 15) is 9.90 Å². The monoisotopic (exact) mass is 399 g/mol. The fraction of sp³-hybridized carbons (Fsp3) is 0.409. The van der Waals surface area contributed by atoms with E-state index in [1.807, 2.05) is 48.2 Å². The molecular formula is C22H25NO6. The smallest absolute Gasteiger partial charge is 0.320 e. The molecule has 1 saturated heterocycles. The van der Waals surface area contributed by atoms with Crippen molar-refractivity contribution in [2.24, 2.45) is 0 Å². The lowest BCUT2D eigenvalue weighted by molar-refractivity contribution is -0.142. The van der Waals surface area contributed by atoms with Crippen molar-refractivity contribution in [2.75, 3.05) is 27.1 Å². The van der Waals surface area contributed by atoms with Gasteiger partial charge in [-0.3, -0.25) is 9.69 Å². The van der Waals surface area contributed by atoms with Gasteiger partial charge in [0.15, 0.2) is 23.0 Å². The first-order valence-corrected chi connectivity index (χ1v) is 9.81. The topological polar surface area (TPSA) is 77.5 Å². The number of carbonyl (C=O) groups is 1. The van der Waals surface area contributed by atoms with Gasteiger partial charge in [-0.1, -0.05) is 12.1 Å². The first-order valence-electron chi connectivity index (χ1n) is 9.81. The molecule has 4 rings (SSSR count). The maximum absolute atomic E-state index is 11.9. The molecule has 0 radical (unpaired) electrons. The van der Waals surface area contributed by atoms with E-state index in [-0.39, 0.29) is 12.8 Å². The van der Waals surface area contributed by atoms with Crippen molar-refractivity contribution in [3.8, 4) is 23.0 Å². The second-order valence-electron chi connectivity index (χ2n) is 7.09. The molecule has 0 saturated carbocycles. The van der Waals surface area contributed by atoms with Crippen LogP contribution in [0.3, 0.4) is 0 Å². The molecule has 0 amide bonds. The van der Waals surface area contributed by atoms with E-state index in [4.69, 9.17) is 18.9 Å². The van der Waals surface area contributed by atoms with Gasteiger partial charge in [-0.2, -0.15) is 0 Å². The molecule has 0 bridgehead atoms. The maximum Gasteiger partial charge on any atom is 0.320 e. The third kappa shape index (κ3) is 3.70. The van der Waals surface area contributed by atoms with Crippen molar-refractivity contribution in [3.05, 3.63) is 47.5 Å². The Labute approximate surface area is 169 Å². The highest BCUT2D eigenvalue weighted by atomic mass is 16.7. The molecule has 2 aliphatic heterocycles. The molecule has 0 spiro atoms. The number of carboxylic acids is 1. The number of nitrogens with zero attached hydrogens (tertiary/aromatic N) is 1. The molecule has 2 aromatic carbocycles. The number of benzene rings is 2. The second-order valence-corrected chi connectivity index (χ2v) is 7.09. The van der Waals surface area contributed by atoms with Crippen molar-refractivity contribution in [1.29, 1.82) is 0 Å². The third-order valence-electron chi connectivity index (χ3n) is 5.43. The zero-order chi connectivity index (χ0) is 20.4. The summed E-state index contributed by atoms with van der Waals surface area (Å²) in [6, 6.07) is 10.8. The Morgan fingerprint density at radius 3 is 2.69 bits per heavy atom. The van der Waals surface area contributed by atoms with E-state index in [1.165, 1.54) is 0 Å². The minimum absolute atomic E-state index is 0.196. The van der Waals surface area contributed by atoms with Crippen molar-refractivity contribution < 1.29 is 28.8 Å². The summed E-state index contributed by atoms with van der Waals surface area (Å²) in [7, 11) is 1.60. The molecule has 2 aliphatic rings. The van der Waals surface area contributed by atoms with Crippen molar-refractivity contribution in [2.45, 2.75) is 31.8 Å². The molecular weight excluding hydrogens is 374 g/mol. The average molecular weight is 399 g/mol. The van der Waals surface area contributed by atoms with Crippen LogP contribution in [0, 0.1) is 0 Å². The van der Waals surface area contributed by atoms with E-state index < -0.39 is 12.0 Å². The van der Waals surface area contributed by atoms with Crippen LogP contribution < -0.4 is 18.9 Å². The van der Waals surface area contributed by atoms with E-state index in [0.717, 1.165) is 17.5 Å². The van der Waals surface area contributed by atoms with E-state index in [1.54, 1.807) is 7.11 Å². The Bertz CT molecular complexity index is 899. The molecule has 7 nitrogen and oxygen atoms in total. The van der Waals surface area contributed by atoms with E-state index in [2.05, 4.69) is 0 Å². The zero-order valence-corrected chi connectivity index (χ0v) is 16.6. The number of carboxylic acid groups (broad SMARTS) is 1. The minimum atomic E-state index is -0.800. The van der Waals surface area contributed by atoms with E-state index >= 15 is 0 Å². The van der Waals surface area contributed by atoms with Crippen LogP contribution in [0.2, 0.25) is 0 Å². The summed E-state index contributed by atoms with van der Waals surface area (Å²) in [5.41, 5.74) is 1.89. The van der Waals surface area contributed by atoms with E-state index in [0.29, 0.717) is 42.6 Å². The Balaban J connectivity index is 1.79. The molecule has 1 N–H and O–H groups in total. The Kier molecular flexibility index (Phi) is 5.49. The number of likely N-dealkylation sites (tertiary alicyclic amines) is 1. The van der Waals surface area contributed by atoms with Gasteiger partial charge < -0.3 is 24.1 Å². The maximum atomic E-state index is 11.9. The average Bonchev–Trinajstić information content (AvgIpc) is 3.38. The highest BCUT2D eigenvalue weighted by molar-refractivity contribution is 5.74. The predicted octanol–water partition coefficient (Wildman–Crippen LogP) is 3.46. The number of ether oxygens (including phenoxy) is 4. The molecule has 154 valence electrons. The summed E-state index contributed by atoms with van der Waals surface area (Å²) in [6.45, 7) is 3.35. The highest BCUT2D eigenvalue weighted by Crippen LogP contribution is 2.42. The number of hydrogen-bond acceptors (Lipinski definition) is 6. The molecule has 2 unspecified atom stereocenters. The molecule has 0 aromatic heterocycles. The van der Waals surface area contributed by atoms with Gasteiger partial charge in [0, 0.05) is 6.54 Å². The molecule has 7 heteroatoms. The van der Waals surface area contributed by atoms with Crippen molar-refractivity contribution >= 4 is 5.97 Å². The van der Waals surface area contributed by atoms with Crippen LogP contribution in [0.1, 0.15) is 36.9 Å². The Morgan fingerprint density at radius 2 is 1.93 bits per heavy atom. The standard InChI is InChI=1S/C22H25NO6/c1-3-27-17-8-6-14(11-19(17)26-2)21(23-10-4-5-16(23)22(24)25)15-7-9-18-20(12-15)29-13-28-18/h6-9,11-12,16,21H,3-5,10,13H2,1-2H3,(H,24,25). The Morgan fingerprint density at radius 1 is 1.17 bits per heavy atom. The summed E-state index contributed by atoms with van der Waals surface area (Å²) in [5.74, 6) is 1.87. The van der Waals surface area contributed by atoms with Gasteiger partial charge in [0.1, 0.15) is 6.04 Å². The first-order chi connectivity index (χ1) is 14.1. The lowest BCUT2D eigenvalue weighted by Gasteiger charge is -2.32. The molecule has 2 aromatic rings. The van der Waals surface area contributed by atoms with Crippen molar-refractivity contribution in [3.63, 3.8) is 0 Å². The van der Waals surface area contributed by atoms with Crippen LogP contribution >= 0.6 is 0 Å². The predicted molar refractivity (Wildman–Crippen MR) is 106 cm³/mol. The quantitative estimate of drug-likeness (QED) is 0.764. The summed E-state index contributed by atoms with van der Waals surface area (Å²) in [6.07, 6.45) is 1.47. The number of aliphatic carboxylic acids is 1. The van der Waals surface area contributed by atoms with Crippen LogP contribution in [0.25, 0.3) is 0 Å². The van der Waals surface area contributed by atoms with Crippen molar-refractivity contribution in [1.82, 2.24) is 4.90 Å². The molecule has 2 heterocycles.